The Bertz CT molecular complexity index is 240. The van der Waals surface area contributed by atoms with E-state index in [-0.39, 0.29) is 5.97 Å². The number of methoxy groups -OCH3 is 1. The fraction of sp³-hybridized carbons (Fsp3) is 0.917. The molecule has 0 saturated carbocycles. The van der Waals surface area contributed by atoms with E-state index in [0.29, 0.717) is 6.10 Å². The summed E-state index contributed by atoms with van der Waals surface area (Å²) >= 11 is 0. The normalized spacial score (nSPS) is 23.1. The van der Waals surface area contributed by atoms with Crippen molar-refractivity contribution in [2.45, 2.75) is 33.3 Å². The molecule has 1 atom stereocenters. The molecule has 16 heavy (non-hydrogen) atoms. The second kappa shape index (κ2) is 5.64. The number of morpholine rings is 1. The molecule has 1 heterocycles. The highest BCUT2D eigenvalue weighted by Gasteiger charge is 2.32. The van der Waals surface area contributed by atoms with Crippen LogP contribution in [0.5, 0.6) is 0 Å². The van der Waals surface area contributed by atoms with E-state index in [1.165, 1.54) is 7.11 Å². The largest absolute Gasteiger partial charge is 0.469 e. The van der Waals surface area contributed by atoms with E-state index in [1.807, 2.05) is 13.8 Å². The van der Waals surface area contributed by atoms with Crippen LogP contribution in [0.2, 0.25) is 0 Å². The average molecular weight is 229 g/mol. The van der Waals surface area contributed by atoms with Gasteiger partial charge in [-0.25, -0.2) is 0 Å². The molecule has 0 aromatic heterocycles. The zero-order valence-corrected chi connectivity index (χ0v) is 10.8. The lowest BCUT2D eigenvalue weighted by molar-refractivity contribution is -0.153. The summed E-state index contributed by atoms with van der Waals surface area (Å²) in [5, 5.41) is 0. The van der Waals surface area contributed by atoms with Gasteiger partial charge < -0.3 is 9.47 Å². The van der Waals surface area contributed by atoms with Gasteiger partial charge in [0.25, 0.3) is 0 Å². The first-order valence-electron chi connectivity index (χ1n) is 5.92. The van der Waals surface area contributed by atoms with E-state index in [4.69, 9.17) is 9.47 Å². The van der Waals surface area contributed by atoms with Crippen LogP contribution in [0.15, 0.2) is 0 Å². The summed E-state index contributed by atoms with van der Waals surface area (Å²) in [6.45, 7) is 9.28. The van der Waals surface area contributed by atoms with Crippen molar-refractivity contribution in [3.8, 4) is 0 Å². The lowest BCUT2D eigenvalue weighted by atomic mass is 9.92. The average Bonchev–Trinajstić information content (AvgIpc) is 2.27. The number of nitrogens with zero attached hydrogens (tertiary/aromatic N) is 1. The SMILES string of the molecule is CCC1CN(CC(C)(C)C(=O)OC)CCO1. The summed E-state index contributed by atoms with van der Waals surface area (Å²) in [6.07, 6.45) is 1.33. The molecule has 1 fully saturated rings. The van der Waals surface area contributed by atoms with E-state index in [1.54, 1.807) is 0 Å². The number of esters is 1. The maximum atomic E-state index is 11.6. The van der Waals surface area contributed by atoms with Gasteiger partial charge in [0.1, 0.15) is 0 Å². The van der Waals surface area contributed by atoms with Gasteiger partial charge in [-0.3, -0.25) is 9.69 Å². The third kappa shape index (κ3) is 3.46. The van der Waals surface area contributed by atoms with E-state index in [2.05, 4.69) is 11.8 Å². The van der Waals surface area contributed by atoms with Crippen LogP contribution >= 0.6 is 0 Å². The van der Waals surface area contributed by atoms with Crippen LogP contribution in [-0.2, 0) is 14.3 Å². The van der Waals surface area contributed by atoms with Crippen molar-refractivity contribution in [1.29, 1.82) is 0 Å². The Balaban J connectivity index is 2.49. The first-order valence-corrected chi connectivity index (χ1v) is 5.92. The minimum atomic E-state index is -0.440. The van der Waals surface area contributed by atoms with Crippen LogP contribution in [0.25, 0.3) is 0 Å². The highest BCUT2D eigenvalue weighted by atomic mass is 16.5. The number of hydrogen-bond acceptors (Lipinski definition) is 4. The highest BCUT2D eigenvalue weighted by molar-refractivity contribution is 5.76. The van der Waals surface area contributed by atoms with Gasteiger partial charge in [-0.05, 0) is 20.3 Å². The molecule has 0 radical (unpaired) electrons. The van der Waals surface area contributed by atoms with Crippen LogP contribution in [0.4, 0.5) is 0 Å². The fourth-order valence-electron chi connectivity index (χ4n) is 2.07. The van der Waals surface area contributed by atoms with Gasteiger partial charge in [-0.1, -0.05) is 6.92 Å². The number of rotatable bonds is 4. The van der Waals surface area contributed by atoms with Gasteiger partial charge in [0.05, 0.1) is 25.2 Å². The molecule has 1 aliphatic rings. The van der Waals surface area contributed by atoms with Crippen molar-refractivity contribution in [1.82, 2.24) is 4.90 Å². The molecule has 94 valence electrons. The van der Waals surface area contributed by atoms with E-state index < -0.39 is 5.41 Å². The predicted octanol–water partition coefficient (Wildman–Crippen LogP) is 1.30. The molecule has 4 nitrogen and oxygen atoms in total. The molecule has 1 saturated heterocycles. The Morgan fingerprint density at radius 3 is 2.81 bits per heavy atom. The quantitative estimate of drug-likeness (QED) is 0.681. The second-order valence-electron chi connectivity index (χ2n) is 5.01. The van der Waals surface area contributed by atoms with Crippen molar-refractivity contribution in [3.63, 3.8) is 0 Å². The second-order valence-corrected chi connectivity index (χ2v) is 5.01. The zero-order chi connectivity index (χ0) is 12.2. The molecule has 0 aromatic carbocycles. The minimum Gasteiger partial charge on any atom is -0.469 e. The summed E-state index contributed by atoms with van der Waals surface area (Å²) in [4.78, 5) is 13.9. The molecular weight excluding hydrogens is 206 g/mol. The van der Waals surface area contributed by atoms with Gasteiger partial charge in [-0.2, -0.15) is 0 Å². The van der Waals surface area contributed by atoms with Gasteiger partial charge in [0.2, 0.25) is 0 Å². The Labute approximate surface area is 97.9 Å². The summed E-state index contributed by atoms with van der Waals surface area (Å²) in [5.74, 6) is -0.146. The molecular formula is C12H23NO3. The number of ether oxygens (including phenoxy) is 2. The van der Waals surface area contributed by atoms with E-state index in [0.717, 1.165) is 32.7 Å². The predicted molar refractivity (Wildman–Crippen MR) is 62.3 cm³/mol. The number of carbonyl (C=O) groups excluding carboxylic acids is 1. The third-order valence-electron chi connectivity index (χ3n) is 3.04. The van der Waals surface area contributed by atoms with Gasteiger partial charge >= 0.3 is 5.97 Å². The van der Waals surface area contributed by atoms with Gasteiger partial charge in [0, 0.05) is 19.6 Å². The van der Waals surface area contributed by atoms with Crippen molar-refractivity contribution >= 4 is 5.97 Å². The van der Waals surface area contributed by atoms with Crippen LogP contribution in [0, 0.1) is 5.41 Å². The van der Waals surface area contributed by atoms with Gasteiger partial charge in [0.15, 0.2) is 0 Å². The number of hydrogen-bond donors (Lipinski definition) is 0. The lowest BCUT2D eigenvalue weighted by Crippen LogP contribution is -2.48. The Hall–Kier alpha value is -0.610. The smallest absolute Gasteiger partial charge is 0.312 e. The molecule has 0 aliphatic carbocycles. The van der Waals surface area contributed by atoms with Crippen molar-refractivity contribution in [2.75, 3.05) is 33.4 Å². The van der Waals surface area contributed by atoms with Crippen LogP contribution < -0.4 is 0 Å². The molecule has 0 amide bonds. The van der Waals surface area contributed by atoms with E-state index >= 15 is 0 Å². The van der Waals surface area contributed by atoms with Crippen LogP contribution in [0.1, 0.15) is 27.2 Å². The topological polar surface area (TPSA) is 38.8 Å². The van der Waals surface area contributed by atoms with Crippen molar-refractivity contribution < 1.29 is 14.3 Å². The molecule has 0 bridgehead atoms. The molecule has 1 rings (SSSR count). The molecule has 0 aromatic rings. The summed E-state index contributed by atoms with van der Waals surface area (Å²) < 4.78 is 10.4. The minimum absolute atomic E-state index is 0.146. The molecule has 1 aliphatic heterocycles. The summed E-state index contributed by atoms with van der Waals surface area (Å²) in [6, 6.07) is 0. The zero-order valence-electron chi connectivity index (χ0n) is 10.8. The highest BCUT2D eigenvalue weighted by Crippen LogP contribution is 2.20. The van der Waals surface area contributed by atoms with E-state index in [9.17, 15) is 4.79 Å². The Kier molecular flexibility index (Phi) is 4.74. The lowest BCUT2D eigenvalue weighted by Gasteiger charge is -2.36. The summed E-state index contributed by atoms with van der Waals surface area (Å²) in [7, 11) is 1.44. The number of carbonyl (C=O) groups is 1. The Morgan fingerprint density at radius 1 is 1.56 bits per heavy atom. The molecule has 1 unspecified atom stereocenters. The van der Waals surface area contributed by atoms with Crippen molar-refractivity contribution in [2.24, 2.45) is 5.41 Å². The monoisotopic (exact) mass is 229 g/mol. The molecule has 0 N–H and O–H groups in total. The Morgan fingerprint density at radius 2 is 2.25 bits per heavy atom. The molecule has 4 heteroatoms. The maximum Gasteiger partial charge on any atom is 0.312 e. The van der Waals surface area contributed by atoms with Crippen molar-refractivity contribution in [3.05, 3.63) is 0 Å². The maximum absolute atomic E-state index is 11.6. The van der Waals surface area contributed by atoms with Crippen LogP contribution in [-0.4, -0.2) is 50.3 Å². The third-order valence-corrected chi connectivity index (χ3v) is 3.04. The van der Waals surface area contributed by atoms with Gasteiger partial charge in [-0.15, -0.1) is 0 Å². The fourth-order valence-corrected chi connectivity index (χ4v) is 2.07. The first kappa shape index (κ1) is 13.5. The summed E-state index contributed by atoms with van der Waals surface area (Å²) in [5.41, 5.74) is -0.440. The standard InChI is InChI=1S/C12H23NO3/c1-5-10-8-13(6-7-16-10)9-12(2,3)11(14)15-4/h10H,5-9H2,1-4H3. The first-order chi connectivity index (χ1) is 7.49. The van der Waals surface area contributed by atoms with Crippen LogP contribution in [0.3, 0.4) is 0 Å². The molecule has 0 spiro atoms.